The Labute approximate surface area is 404 Å². The van der Waals surface area contributed by atoms with E-state index < -0.39 is 5.41 Å². The Hall–Kier alpha value is -9.13. The molecule has 0 fully saturated rings. The van der Waals surface area contributed by atoms with Crippen LogP contribution in [-0.4, -0.2) is 19.5 Å². The third kappa shape index (κ3) is 6.16. The van der Waals surface area contributed by atoms with Crippen LogP contribution in [-0.2, 0) is 5.41 Å². The van der Waals surface area contributed by atoms with E-state index in [4.69, 9.17) is 19.4 Å². The molecule has 3 aromatic heterocycles. The third-order valence-corrected chi connectivity index (χ3v) is 14.4. The average molecular weight is 898 g/mol. The Balaban J connectivity index is 1.01. The molecule has 14 rings (SSSR count). The fourth-order valence-electron chi connectivity index (χ4n) is 11.0. The van der Waals surface area contributed by atoms with Crippen LogP contribution in [0, 0.1) is 0 Å². The molecule has 0 atom stereocenters. The minimum atomic E-state index is -0.477. The molecule has 13 aromatic rings. The second-order valence-electron chi connectivity index (χ2n) is 18.8. The first-order valence-electron chi connectivity index (χ1n) is 23.8. The first-order valence-corrected chi connectivity index (χ1v) is 23.8. The average Bonchev–Trinajstić information content (AvgIpc) is 3.98. The molecule has 6 heteroatoms. The van der Waals surface area contributed by atoms with Crippen molar-refractivity contribution in [3.8, 4) is 51.0 Å². The van der Waals surface area contributed by atoms with E-state index in [2.05, 4.69) is 217 Å². The largest absolute Gasteiger partial charge is 0.454 e. The molecular formula is C64H43N5O. The monoisotopic (exact) mass is 897 g/mol. The molecule has 0 unspecified atom stereocenters. The van der Waals surface area contributed by atoms with Crippen LogP contribution >= 0.6 is 0 Å². The Morgan fingerprint density at radius 3 is 1.83 bits per heavy atom. The summed E-state index contributed by atoms with van der Waals surface area (Å²) in [4.78, 5) is 18.0. The lowest BCUT2D eigenvalue weighted by Crippen LogP contribution is -2.27. The number of hydrogen-bond donors (Lipinski definition) is 0. The number of para-hydroxylation sites is 3. The maximum absolute atomic E-state index is 6.77. The van der Waals surface area contributed by atoms with Gasteiger partial charge in [0.15, 0.2) is 23.1 Å². The molecule has 0 radical (unpaired) electrons. The van der Waals surface area contributed by atoms with Crippen molar-refractivity contribution in [1.29, 1.82) is 0 Å². The van der Waals surface area contributed by atoms with E-state index in [-0.39, 0.29) is 0 Å². The molecule has 10 aromatic carbocycles. The van der Waals surface area contributed by atoms with Gasteiger partial charge in [0.05, 0.1) is 22.4 Å². The van der Waals surface area contributed by atoms with E-state index in [1.807, 2.05) is 30.3 Å². The fourth-order valence-corrected chi connectivity index (χ4v) is 11.0. The van der Waals surface area contributed by atoms with Crippen LogP contribution in [0.15, 0.2) is 229 Å². The summed E-state index contributed by atoms with van der Waals surface area (Å²) in [5.41, 5.74) is 15.3. The van der Waals surface area contributed by atoms with Crippen molar-refractivity contribution in [2.45, 2.75) is 19.3 Å². The summed E-state index contributed by atoms with van der Waals surface area (Å²) in [6.45, 7) is 4.73. The fraction of sp³-hybridized carbons (Fsp3) is 0.0469. The highest BCUT2D eigenvalue weighted by atomic mass is 16.3. The number of hydrogen-bond acceptors (Lipinski definition) is 5. The molecule has 0 N–H and O–H groups in total. The van der Waals surface area contributed by atoms with E-state index >= 15 is 0 Å². The topological polar surface area (TPSA) is 60.0 Å². The lowest BCUT2D eigenvalue weighted by molar-refractivity contribution is 0.630. The summed E-state index contributed by atoms with van der Waals surface area (Å²) in [5.74, 6) is 1.87. The van der Waals surface area contributed by atoms with Gasteiger partial charge in [-0.2, -0.15) is 0 Å². The molecule has 0 saturated heterocycles. The number of benzene rings is 10. The number of rotatable bonds is 7. The first kappa shape index (κ1) is 40.0. The van der Waals surface area contributed by atoms with Gasteiger partial charge in [-0.1, -0.05) is 172 Å². The summed E-state index contributed by atoms with van der Waals surface area (Å²) >= 11 is 0. The van der Waals surface area contributed by atoms with E-state index in [0.717, 1.165) is 78.0 Å². The van der Waals surface area contributed by atoms with Crippen molar-refractivity contribution in [2.75, 3.05) is 4.90 Å². The van der Waals surface area contributed by atoms with Crippen molar-refractivity contribution in [3.63, 3.8) is 0 Å². The second-order valence-corrected chi connectivity index (χ2v) is 18.8. The van der Waals surface area contributed by atoms with Crippen molar-refractivity contribution >= 4 is 71.6 Å². The number of fused-ring (bicyclic) bond motifs is 10. The molecule has 6 nitrogen and oxygen atoms in total. The lowest BCUT2D eigenvalue weighted by atomic mass is 9.74. The molecule has 0 amide bonds. The summed E-state index contributed by atoms with van der Waals surface area (Å²) in [6, 6.07) is 79.6. The van der Waals surface area contributed by atoms with Gasteiger partial charge in [0.25, 0.3) is 0 Å². The van der Waals surface area contributed by atoms with Crippen LogP contribution in [0.1, 0.15) is 25.0 Å². The molecule has 0 aliphatic carbocycles. The lowest BCUT2D eigenvalue weighted by Gasteiger charge is -2.36. The van der Waals surface area contributed by atoms with Gasteiger partial charge in [0.2, 0.25) is 0 Å². The van der Waals surface area contributed by atoms with E-state index in [1.54, 1.807) is 0 Å². The zero-order valence-corrected chi connectivity index (χ0v) is 38.5. The van der Waals surface area contributed by atoms with Gasteiger partial charge >= 0.3 is 0 Å². The van der Waals surface area contributed by atoms with Crippen LogP contribution in [0.2, 0.25) is 0 Å². The predicted molar refractivity (Wildman–Crippen MR) is 288 cm³/mol. The highest BCUT2D eigenvalue weighted by Crippen LogP contribution is 2.53. The third-order valence-electron chi connectivity index (χ3n) is 14.4. The molecule has 70 heavy (non-hydrogen) atoms. The van der Waals surface area contributed by atoms with Crippen LogP contribution in [0.4, 0.5) is 17.1 Å². The molecule has 0 saturated carbocycles. The van der Waals surface area contributed by atoms with Gasteiger partial charge in [-0.3, -0.25) is 0 Å². The van der Waals surface area contributed by atoms with Crippen LogP contribution in [0.3, 0.4) is 0 Å². The van der Waals surface area contributed by atoms with Gasteiger partial charge < -0.3 is 13.9 Å². The minimum absolute atomic E-state index is 0.477. The smallest absolute Gasteiger partial charge is 0.164 e. The van der Waals surface area contributed by atoms with E-state index in [0.29, 0.717) is 17.5 Å². The van der Waals surface area contributed by atoms with E-state index in [9.17, 15) is 0 Å². The quantitative estimate of drug-likeness (QED) is 0.159. The number of anilines is 3. The summed E-state index contributed by atoms with van der Waals surface area (Å²) in [6.07, 6.45) is 0. The molecule has 4 heterocycles. The molecule has 1 aliphatic heterocycles. The summed E-state index contributed by atoms with van der Waals surface area (Å²) in [7, 11) is 0. The normalized spacial score (nSPS) is 12.8. The van der Waals surface area contributed by atoms with Crippen LogP contribution < -0.4 is 4.90 Å². The highest BCUT2D eigenvalue weighted by molar-refractivity contribution is 6.23. The maximum atomic E-state index is 6.77. The van der Waals surface area contributed by atoms with Gasteiger partial charge in [0.1, 0.15) is 5.58 Å². The van der Waals surface area contributed by atoms with Crippen molar-refractivity contribution in [1.82, 2.24) is 19.5 Å². The Morgan fingerprint density at radius 2 is 1.04 bits per heavy atom. The second kappa shape index (κ2) is 15.5. The number of nitrogens with zero attached hydrogens (tertiary/aromatic N) is 5. The van der Waals surface area contributed by atoms with Gasteiger partial charge in [-0.25, -0.2) is 15.0 Å². The molecular weight excluding hydrogens is 855 g/mol. The van der Waals surface area contributed by atoms with Crippen molar-refractivity contribution < 1.29 is 4.42 Å². The molecule has 0 bridgehead atoms. The summed E-state index contributed by atoms with van der Waals surface area (Å²) < 4.78 is 9.27. The molecule has 0 spiro atoms. The maximum Gasteiger partial charge on any atom is 0.164 e. The van der Waals surface area contributed by atoms with Gasteiger partial charge in [-0.15, -0.1) is 0 Å². The first-order chi connectivity index (χ1) is 34.5. The predicted octanol–water partition coefficient (Wildman–Crippen LogP) is 16.8. The number of aromatic nitrogens is 4. The highest BCUT2D eigenvalue weighted by Gasteiger charge is 2.37. The SMILES string of the molecule is CC1(C)c2cc(-c3nc(-c4ccccc4)nc(-c4cccc(-c5ccccc5)c4)n3)ccc2-n2c3ccc4ccccc4c3c3cc(N(c4ccccc4)c4cccc5c4oc4ccccc45)cc1c32. The van der Waals surface area contributed by atoms with Crippen LogP contribution in [0.5, 0.6) is 0 Å². The van der Waals surface area contributed by atoms with E-state index in [1.165, 1.54) is 38.2 Å². The standard InChI is InChI=1S/C64H43N5O/c1-64(2)52-37-45(63-66-61(42-21-8-4-9-22-42)65-62(67-63)44-24-16-23-43(36-44)40-18-6-3-7-19-40)33-34-54(52)69-55-35-32-41-20-12-13-27-48(41)58(55)51-38-47(39-53(64)59(51)69)68(46-25-10-5-11-26-46)56-30-17-29-50-49-28-14-15-31-57(49)70-60(50)56/h3-39H,1-2H3. The number of furan rings is 1. The molecule has 330 valence electrons. The molecule has 1 aliphatic rings. The van der Waals surface area contributed by atoms with Gasteiger partial charge in [0, 0.05) is 55.0 Å². The van der Waals surface area contributed by atoms with Gasteiger partial charge in [-0.05, 0) is 99.8 Å². The zero-order valence-electron chi connectivity index (χ0n) is 38.5. The Kier molecular flexibility index (Phi) is 8.83. The minimum Gasteiger partial charge on any atom is -0.454 e. The van der Waals surface area contributed by atoms with Crippen LogP contribution in [0.25, 0.3) is 105 Å². The summed E-state index contributed by atoms with van der Waals surface area (Å²) in [5, 5.41) is 7.04. The Bertz CT molecular complexity index is 4210. The zero-order chi connectivity index (χ0) is 46.5. The van der Waals surface area contributed by atoms with Crippen molar-refractivity contribution in [3.05, 3.63) is 236 Å². The van der Waals surface area contributed by atoms with Crippen molar-refractivity contribution in [2.24, 2.45) is 0 Å². The Morgan fingerprint density at radius 1 is 0.429 bits per heavy atom.